The van der Waals surface area contributed by atoms with Crippen molar-refractivity contribution >= 4 is 17.3 Å². The minimum atomic E-state index is 0.196. The SMILES string of the molecule is Cc1cc(N)ccc1Oc1cnc(Cl)nc1. The maximum Gasteiger partial charge on any atom is 0.222 e. The summed E-state index contributed by atoms with van der Waals surface area (Å²) >= 11 is 5.57. The Bertz CT molecular complexity index is 499. The molecule has 1 aromatic carbocycles. The molecule has 0 aliphatic heterocycles. The Kier molecular flexibility index (Phi) is 2.92. The normalized spacial score (nSPS) is 10.1. The third-order valence-electron chi connectivity index (χ3n) is 2.02. The van der Waals surface area contributed by atoms with Crippen LogP contribution in [0.25, 0.3) is 0 Å². The standard InChI is InChI=1S/C11H10ClN3O/c1-7-4-8(13)2-3-10(7)16-9-5-14-11(12)15-6-9/h2-6H,13H2,1H3. The second-order valence-electron chi connectivity index (χ2n) is 3.31. The van der Waals surface area contributed by atoms with Crippen LogP contribution in [0.15, 0.2) is 30.6 Å². The first-order valence-electron chi connectivity index (χ1n) is 4.66. The summed E-state index contributed by atoms with van der Waals surface area (Å²) in [6.45, 7) is 1.92. The van der Waals surface area contributed by atoms with Crippen LogP contribution in [0.4, 0.5) is 5.69 Å². The molecule has 0 saturated carbocycles. The van der Waals surface area contributed by atoms with E-state index in [0.717, 1.165) is 11.3 Å². The number of ether oxygens (including phenoxy) is 1. The molecule has 4 nitrogen and oxygen atoms in total. The van der Waals surface area contributed by atoms with Gasteiger partial charge in [0.2, 0.25) is 5.28 Å². The third-order valence-corrected chi connectivity index (χ3v) is 2.22. The highest BCUT2D eigenvalue weighted by Crippen LogP contribution is 2.25. The molecule has 2 N–H and O–H groups in total. The van der Waals surface area contributed by atoms with E-state index in [1.54, 1.807) is 12.1 Å². The number of hydrogen-bond acceptors (Lipinski definition) is 4. The average molecular weight is 236 g/mol. The predicted molar refractivity (Wildman–Crippen MR) is 62.7 cm³/mol. The van der Waals surface area contributed by atoms with E-state index in [2.05, 4.69) is 9.97 Å². The Hall–Kier alpha value is -1.81. The van der Waals surface area contributed by atoms with Crippen molar-refractivity contribution in [2.75, 3.05) is 5.73 Å². The zero-order chi connectivity index (χ0) is 11.5. The lowest BCUT2D eigenvalue weighted by molar-refractivity contribution is 0.474. The van der Waals surface area contributed by atoms with Crippen LogP contribution in [0.5, 0.6) is 11.5 Å². The van der Waals surface area contributed by atoms with Crippen LogP contribution < -0.4 is 10.5 Å². The summed E-state index contributed by atoms with van der Waals surface area (Å²) in [5, 5.41) is 0.196. The maximum atomic E-state index is 5.64. The average Bonchev–Trinajstić information content (AvgIpc) is 2.25. The molecular formula is C11H10ClN3O. The van der Waals surface area contributed by atoms with E-state index < -0.39 is 0 Å². The van der Waals surface area contributed by atoms with Crippen molar-refractivity contribution in [1.82, 2.24) is 9.97 Å². The number of hydrogen-bond donors (Lipinski definition) is 1. The van der Waals surface area contributed by atoms with Gasteiger partial charge in [-0.15, -0.1) is 0 Å². The lowest BCUT2D eigenvalue weighted by Crippen LogP contribution is -1.92. The van der Waals surface area contributed by atoms with Gasteiger partial charge in [-0.2, -0.15) is 0 Å². The van der Waals surface area contributed by atoms with Crippen LogP contribution in [-0.2, 0) is 0 Å². The number of nitrogens with two attached hydrogens (primary N) is 1. The van der Waals surface area contributed by atoms with Gasteiger partial charge in [0.05, 0.1) is 12.4 Å². The zero-order valence-electron chi connectivity index (χ0n) is 8.64. The van der Waals surface area contributed by atoms with E-state index in [1.165, 1.54) is 12.4 Å². The van der Waals surface area contributed by atoms with E-state index >= 15 is 0 Å². The molecular weight excluding hydrogens is 226 g/mol. The van der Waals surface area contributed by atoms with E-state index in [1.807, 2.05) is 13.0 Å². The summed E-state index contributed by atoms with van der Waals surface area (Å²) in [7, 11) is 0. The van der Waals surface area contributed by atoms with Crippen molar-refractivity contribution in [3.8, 4) is 11.5 Å². The van der Waals surface area contributed by atoms with Crippen LogP contribution in [0, 0.1) is 6.92 Å². The first-order valence-corrected chi connectivity index (χ1v) is 5.04. The van der Waals surface area contributed by atoms with Crippen LogP contribution >= 0.6 is 11.6 Å². The first-order chi connectivity index (χ1) is 7.65. The Labute approximate surface area is 98.0 Å². The van der Waals surface area contributed by atoms with Gasteiger partial charge < -0.3 is 10.5 Å². The van der Waals surface area contributed by atoms with Crippen LogP contribution in [0.3, 0.4) is 0 Å². The topological polar surface area (TPSA) is 61.0 Å². The van der Waals surface area contributed by atoms with Crippen molar-refractivity contribution < 1.29 is 4.74 Å². The van der Waals surface area contributed by atoms with Crippen molar-refractivity contribution in [2.45, 2.75) is 6.92 Å². The fraction of sp³-hybridized carbons (Fsp3) is 0.0909. The number of aromatic nitrogens is 2. The van der Waals surface area contributed by atoms with Gasteiger partial charge in [0.25, 0.3) is 0 Å². The quantitative estimate of drug-likeness (QED) is 0.642. The lowest BCUT2D eigenvalue weighted by atomic mass is 10.2. The van der Waals surface area contributed by atoms with Crippen molar-refractivity contribution in [3.63, 3.8) is 0 Å². The Morgan fingerprint density at radius 1 is 1.25 bits per heavy atom. The summed E-state index contributed by atoms with van der Waals surface area (Å²) in [6.07, 6.45) is 3.04. The zero-order valence-corrected chi connectivity index (χ0v) is 9.40. The second-order valence-corrected chi connectivity index (χ2v) is 3.65. The fourth-order valence-corrected chi connectivity index (χ4v) is 1.36. The molecule has 0 amide bonds. The maximum absolute atomic E-state index is 5.64. The van der Waals surface area contributed by atoms with Gasteiger partial charge in [0, 0.05) is 5.69 Å². The minimum absolute atomic E-state index is 0.196. The molecule has 0 fully saturated rings. The van der Waals surface area contributed by atoms with Gasteiger partial charge in [-0.1, -0.05) is 0 Å². The van der Waals surface area contributed by atoms with E-state index in [-0.39, 0.29) is 5.28 Å². The molecule has 16 heavy (non-hydrogen) atoms. The Morgan fingerprint density at radius 3 is 2.56 bits per heavy atom. The molecule has 2 rings (SSSR count). The summed E-state index contributed by atoms with van der Waals surface area (Å²) in [5.41, 5.74) is 7.30. The van der Waals surface area contributed by atoms with Crippen molar-refractivity contribution in [2.24, 2.45) is 0 Å². The third kappa shape index (κ3) is 2.41. The van der Waals surface area contributed by atoms with Gasteiger partial charge in [-0.05, 0) is 42.3 Å². The van der Waals surface area contributed by atoms with E-state index in [0.29, 0.717) is 11.4 Å². The minimum Gasteiger partial charge on any atom is -0.454 e. The van der Waals surface area contributed by atoms with Gasteiger partial charge in [-0.25, -0.2) is 9.97 Å². The molecule has 0 saturated heterocycles. The molecule has 0 aliphatic rings. The monoisotopic (exact) mass is 235 g/mol. The Balaban J connectivity index is 2.23. The van der Waals surface area contributed by atoms with E-state index in [9.17, 15) is 0 Å². The number of nitrogen functional groups attached to an aromatic ring is 1. The number of anilines is 1. The molecule has 0 radical (unpaired) electrons. The van der Waals surface area contributed by atoms with Gasteiger partial charge in [0.15, 0.2) is 5.75 Å². The molecule has 0 aliphatic carbocycles. The molecule has 0 bridgehead atoms. The molecule has 0 unspecified atom stereocenters. The molecule has 82 valence electrons. The summed E-state index contributed by atoms with van der Waals surface area (Å²) < 4.78 is 5.58. The van der Waals surface area contributed by atoms with Crippen LogP contribution in [0.2, 0.25) is 5.28 Å². The second kappa shape index (κ2) is 4.37. The molecule has 1 heterocycles. The fourth-order valence-electron chi connectivity index (χ4n) is 1.27. The smallest absolute Gasteiger partial charge is 0.222 e. The molecule has 0 spiro atoms. The van der Waals surface area contributed by atoms with Gasteiger partial charge in [-0.3, -0.25) is 0 Å². The van der Waals surface area contributed by atoms with Crippen molar-refractivity contribution in [3.05, 3.63) is 41.4 Å². The highest BCUT2D eigenvalue weighted by atomic mass is 35.5. The first kappa shape index (κ1) is 10.7. The van der Waals surface area contributed by atoms with Crippen LogP contribution in [0.1, 0.15) is 5.56 Å². The highest BCUT2D eigenvalue weighted by molar-refractivity contribution is 6.28. The largest absolute Gasteiger partial charge is 0.454 e. The van der Waals surface area contributed by atoms with Gasteiger partial charge >= 0.3 is 0 Å². The highest BCUT2D eigenvalue weighted by Gasteiger charge is 2.02. The van der Waals surface area contributed by atoms with E-state index in [4.69, 9.17) is 22.1 Å². The summed E-state index contributed by atoms with van der Waals surface area (Å²) in [5.74, 6) is 1.26. The number of aryl methyl sites for hydroxylation is 1. The number of rotatable bonds is 2. The number of halogens is 1. The molecule has 2 aromatic rings. The molecule has 1 aromatic heterocycles. The van der Waals surface area contributed by atoms with Crippen LogP contribution in [-0.4, -0.2) is 9.97 Å². The van der Waals surface area contributed by atoms with Gasteiger partial charge in [0.1, 0.15) is 5.75 Å². The summed E-state index contributed by atoms with van der Waals surface area (Å²) in [4.78, 5) is 7.65. The summed E-state index contributed by atoms with van der Waals surface area (Å²) in [6, 6.07) is 5.42. The molecule has 5 heteroatoms. The Morgan fingerprint density at radius 2 is 1.94 bits per heavy atom. The predicted octanol–water partition coefficient (Wildman–Crippen LogP) is 2.81. The lowest BCUT2D eigenvalue weighted by Gasteiger charge is -2.08. The van der Waals surface area contributed by atoms with Crippen molar-refractivity contribution in [1.29, 1.82) is 0 Å². The number of benzene rings is 1. The molecule has 0 atom stereocenters. The number of nitrogens with zero attached hydrogens (tertiary/aromatic N) is 2.